The minimum Gasteiger partial charge on any atom is -0.356 e. The highest BCUT2D eigenvalue weighted by molar-refractivity contribution is 5.75. The Morgan fingerprint density at radius 1 is 1.57 bits per heavy atom. The molecule has 0 saturated heterocycles. The lowest BCUT2D eigenvalue weighted by molar-refractivity contribution is -0.121. The molecule has 0 heterocycles. The molecule has 1 fully saturated rings. The van der Waals surface area contributed by atoms with E-state index in [2.05, 4.69) is 12.2 Å². The Bertz CT molecular complexity index is 178. The van der Waals surface area contributed by atoms with Crippen molar-refractivity contribution in [2.24, 2.45) is 17.6 Å². The Balaban J connectivity index is 1.92. The maximum absolute atomic E-state index is 11.3. The van der Waals surface area contributed by atoms with Crippen molar-refractivity contribution < 1.29 is 4.79 Å². The molecule has 1 aliphatic rings. The van der Waals surface area contributed by atoms with Crippen LogP contribution in [0.25, 0.3) is 0 Å². The molecule has 1 saturated carbocycles. The summed E-state index contributed by atoms with van der Waals surface area (Å²) in [6.07, 6.45) is 5.42. The summed E-state index contributed by atoms with van der Waals surface area (Å²) in [5.74, 6) is 1.55. The van der Waals surface area contributed by atoms with Crippen LogP contribution in [0.1, 0.15) is 39.0 Å². The quantitative estimate of drug-likeness (QED) is 0.647. The Labute approximate surface area is 86.4 Å². The van der Waals surface area contributed by atoms with Gasteiger partial charge in [0.1, 0.15) is 0 Å². The zero-order valence-corrected chi connectivity index (χ0v) is 9.09. The first-order valence-corrected chi connectivity index (χ1v) is 5.69. The van der Waals surface area contributed by atoms with Crippen LogP contribution < -0.4 is 11.1 Å². The second-order valence-electron chi connectivity index (χ2n) is 4.46. The molecule has 0 aliphatic heterocycles. The molecule has 0 aromatic rings. The Morgan fingerprint density at radius 2 is 2.29 bits per heavy atom. The van der Waals surface area contributed by atoms with Crippen LogP contribution in [0, 0.1) is 11.8 Å². The van der Waals surface area contributed by atoms with E-state index in [9.17, 15) is 4.79 Å². The van der Waals surface area contributed by atoms with Crippen LogP contribution in [0.15, 0.2) is 0 Å². The van der Waals surface area contributed by atoms with E-state index in [4.69, 9.17) is 5.73 Å². The lowest BCUT2D eigenvalue weighted by Gasteiger charge is -2.08. The van der Waals surface area contributed by atoms with E-state index in [1.807, 2.05) is 0 Å². The molecule has 1 atom stereocenters. The fraction of sp³-hybridized carbons (Fsp3) is 0.909. The van der Waals surface area contributed by atoms with Gasteiger partial charge in [0.05, 0.1) is 0 Å². The first-order chi connectivity index (χ1) is 6.72. The van der Waals surface area contributed by atoms with Gasteiger partial charge in [-0.2, -0.15) is 0 Å². The van der Waals surface area contributed by atoms with E-state index in [1.54, 1.807) is 0 Å². The average molecular weight is 198 g/mol. The fourth-order valence-corrected chi connectivity index (χ4v) is 1.41. The molecule has 0 spiro atoms. The maximum Gasteiger partial charge on any atom is 0.220 e. The monoisotopic (exact) mass is 198 g/mol. The molecular formula is C11H22N2O. The van der Waals surface area contributed by atoms with Gasteiger partial charge in [0.15, 0.2) is 0 Å². The predicted molar refractivity (Wildman–Crippen MR) is 57.8 cm³/mol. The highest BCUT2D eigenvalue weighted by atomic mass is 16.1. The number of nitrogens with one attached hydrogen (secondary N) is 1. The zero-order chi connectivity index (χ0) is 10.4. The third-order valence-electron chi connectivity index (χ3n) is 2.84. The van der Waals surface area contributed by atoms with Gasteiger partial charge < -0.3 is 11.1 Å². The van der Waals surface area contributed by atoms with E-state index in [0.717, 1.165) is 25.3 Å². The second-order valence-corrected chi connectivity index (χ2v) is 4.46. The van der Waals surface area contributed by atoms with Gasteiger partial charge in [0.25, 0.3) is 0 Å². The molecule has 1 rings (SSSR count). The molecule has 3 heteroatoms. The Morgan fingerprint density at radius 3 is 2.86 bits per heavy atom. The number of carbonyl (C=O) groups is 1. The Hall–Kier alpha value is -0.570. The van der Waals surface area contributed by atoms with Crippen molar-refractivity contribution in [1.82, 2.24) is 5.32 Å². The van der Waals surface area contributed by atoms with Crippen LogP contribution in [0.5, 0.6) is 0 Å². The topological polar surface area (TPSA) is 55.1 Å². The number of rotatable bonds is 7. The number of hydrogen-bond acceptors (Lipinski definition) is 2. The molecule has 0 radical (unpaired) electrons. The van der Waals surface area contributed by atoms with Crippen LogP contribution in [0.4, 0.5) is 0 Å². The SMILES string of the molecule is CC(CN)CCC(=O)NCCC1CC1. The molecule has 3 N–H and O–H groups in total. The van der Waals surface area contributed by atoms with Gasteiger partial charge in [0, 0.05) is 13.0 Å². The molecule has 0 aromatic heterocycles. The summed E-state index contributed by atoms with van der Waals surface area (Å²) in [5.41, 5.74) is 5.47. The van der Waals surface area contributed by atoms with E-state index in [1.165, 1.54) is 12.8 Å². The number of amides is 1. The van der Waals surface area contributed by atoms with Crippen molar-refractivity contribution in [2.45, 2.75) is 39.0 Å². The predicted octanol–water partition coefficient (Wildman–Crippen LogP) is 1.28. The second kappa shape index (κ2) is 6.02. The van der Waals surface area contributed by atoms with Crippen LogP contribution >= 0.6 is 0 Å². The minimum atomic E-state index is 0.186. The molecule has 14 heavy (non-hydrogen) atoms. The van der Waals surface area contributed by atoms with E-state index >= 15 is 0 Å². The first kappa shape index (κ1) is 11.5. The van der Waals surface area contributed by atoms with Crippen LogP contribution in [-0.4, -0.2) is 19.0 Å². The van der Waals surface area contributed by atoms with E-state index in [-0.39, 0.29) is 5.91 Å². The lowest BCUT2D eigenvalue weighted by atomic mass is 10.1. The van der Waals surface area contributed by atoms with E-state index in [0.29, 0.717) is 18.9 Å². The van der Waals surface area contributed by atoms with E-state index < -0.39 is 0 Å². The molecule has 1 amide bonds. The van der Waals surface area contributed by atoms with Crippen molar-refractivity contribution >= 4 is 5.91 Å². The molecule has 1 unspecified atom stereocenters. The Kier molecular flexibility index (Phi) is 4.94. The largest absolute Gasteiger partial charge is 0.356 e. The minimum absolute atomic E-state index is 0.186. The average Bonchev–Trinajstić information content (AvgIpc) is 2.98. The molecule has 3 nitrogen and oxygen atoms in total. The van der Waals surface area contributed by atoms with Gasteiger partial charge in [0.2, 0.25) is 5.91 Å². The summed E-state index contributed by atoms with van der Waals surface area (Å²) in [7, 11) is 0. The lowest BCUT2D eigenvalue weighted by Crippen LogP contribution is -2.25. The third-order valence-corrected chi connectivity index (χ3v) is 2.84. The van der Waals surface area contributed by atoms with Gasteiger partial charge in [-0.05, 0) is 31.2 Å². The number of nitrogens with two attached hydrogens (primary N) is 1. The molecule has 1 aliphatic carbocycles. The molecular weight excluding hydrogens is 176 g/mol. The first-order valence-electron chi connectivity index (χ1n) is 5.69. The summed E-state index contributed by atoms with van der Waals surface area (Å²) < 4.78 is 0. The molecule has 0 bridgehead atoms. The fourth-order valence-electron chi connectivity index (χ4n) is 1.41. The van der Waals surface area contributed by atoms with Gasteiger partial charge in [-0.15, -0.1) is 0 Å². The van der Waals surface area contributed by atoms with Gasteiger partial charge in [-0.1, -0.05) is 19.8 Å². The van der Waals surface area contributed by atoms with Crippen LogP contribution in [-0.2, 0) is 4.79 Å². The number of carbonyl (C=O) groups excluding carboxylic acids is 1. The van der Waals surface area contributed by atoms with Crippen LogP contribution in [0.3, 0.4) is 0 Å². The maximum atomic E-state index is 11.3. The van der Waals surface area contributed by atoms with Crippen molar-refractivity contribution in [3.8, 4) is 0 Å². The smallest absolute Gasteiger partial charge is 0.220 e. The van der Waals surface area contributed by atoms with Crippen molar-refractivity contribution in [3.05, 3.63) is 0 Å². The molecule has 82 valence electrons. The summed E-state index contributed by atoms with van der Waals surface area (Å²) in [6.45, 7) is 3.62. The standard InChI is InChI=1S/C11H22N2O/c1-9(8-12)2-5-11(14)13-7-6-10-3-4-10/h9-10H,2-8,12H2,1H3,(H,13,14). The summed E-state index contributed by atoms with van der Waals surface area (Å²) in [4.78, 5) is 11.3. The third kappa shape index (κ3) is 5.22. The highest BCUT2D eigenvalue weighted by Crippen LogP contribution is 2.31. The van der Waals surface area contributed by atoms with Gasteiger partial charge >= 0.3 is 0 Å². The highest BCUT2D eigenvalue weighted by Gasteiger charge is 2.20. The summed E-state index contributed by atoms with van der Waals surface area (Å²) in [6, 6.07) is 0. The normalized spacial score (nSPS) is 17.9. The summed E-state index contributed by atoms with van der Waals surface area (Å²) >= 11 is 0. The van der Waals surface area contributed by atoms with Crippen molar-refractivity contribution in [2.75, 3.05) is 13.1 Å². The molecule has 0 aromatic carbocycles. The van der Waals surface area contributed by atoms with Crippen molar-refractivity contribution in [1.29, 1.82) is 0 Å². The zero-order valence-electron chi connectivity index (χ0n) is 9.09. The van der Waals surface area contributed by atoms with Gasteiger partial charge in [-0.3, -0.25) is 4.79 Å². The van der Waals surface area contributed by atoms with Crippen LogP contribution in [0.2, 0.25) is 0 Å². The number of hydrogen-bond donors (Lipinski definition) is 2. The summed E-state index contributed by atoms with van der Waals surface area (Å²) in [5, 5.41) is 2.95. The van der Waals surface area contributed by atoms with Gasteiger partial charge in [-0.25, -0.2) is 0 Å². The van der Waals surface area contributed by atoms with Crippen molar-refractivity contribution in [3.63, 3.8) is 0 Å².